The van der Waals surface area contributed by atoms with Crippen LogP contribution in [0.15, 0.2) is 22.8 Å². The Morgan fingerprint density at radius 2 is 2.22 bits per heavy atom. The maximum atomic E-state index is 12.7. The Labute approximate surface area is 137 Å². The Bertz CT molecular complexity index is 554. The molecule has 0 aromatic carbocycles. The fraction of sp³-hybridized carbons (Fsp3) is 0.647. The molecule has 0 radical (unpaired) electrons. The highest BCUT2D eigenvalue weighted by Gasteiger charge is 2.38. The second-order valence-electron chi connectivity index (χ2n) is 6.49. The summed E-state index contributed by atoms with van der Waals surface area (Å²) in [6.45, 7) is 4.24. The second kappa shape index (κ2) is 7.05. The number of nitriles is 1. The van der Waals surface area contributed by atoms with E-state index in [-0.39, 0.29) is 18.1 Å². The van der Waals surface area contributed by atoms with E-state index in [2.05, 4.69) is 16.3 Å². The largest absolute Gasteiger partial charge is 0.467 e. The molecule has 0 bridgehead atoms. The van der Waals surface area contributed by atoms with Gasteiger partial charge in [-0.25, -0.2) is 4.79 Å². The average molecular weight is 316 g/mol. The number of nitrogens with zero attached hydrogens (tertiary/aromatic N) is 3. The maximum absolute atomic E-state index is 12.7. The van der Waals surface area contributed by atoms with Gasteiger partial charge in [-0.3, -0.25) is 4.90 Å². The summed E-state index contributed by atoms with van der Waals surface area (Å²) in [4.78, 5) is 16.8. The van der Waals surface area contributed by atoms with Gasteiger partial charge < -0.3 is 14.6 Å². The highest BCUT2D eigenvalue weighted by atomic mass is 16.3. The number of urea groups is 1. The summed E-state index contributed by atoms with van der Waals surface area (Å²) in [6, 6.07) is 6.46. The molecule has 1 atom stereocenters. The number of nitrogens with one attached hydrogen (secondary N) is 1. The zero-order chi connectivity index (χ0) is 16.2. The molecule has 6 nitrogen and oxygen atoms in total. The predicted molar refractivity (Wildman–Crippen MR) is 85.6 cm³/mol. The topological polar surface area (TPSA) is 72.5 Å². The van der Waals surface area contributed by atoms with Crippen molar-refractivity contribution in [3.63, 3.8) is 0 Å². The molecule has 1 saturated heterocycles. The molecular weight excluding hydrogens is 292 g/mol. The monoisotopic (exact) mass is 316 g/mol. The second-order valence-corrected chi connectivity index (χ2v) is 6.49. The van der Waals surface area contributed by atoms with Gasteiger partial charge in [0.25, 0.3) is 0 Å². The number of hydrogen-bond acceptors (Lipinski definition) is 4. The van der Waals surface area contributed by atoms with E-state index in [0.717, 1.165) is 44.5 Å². The van der Waals surface area contributed by atoms with Crippen molar-refractivity contribution in [1.82, 2.24) is 15.1 Å². The van der Waals surface area contributed by atoms with E-state index in [0.29, 0.717) is 12.6 Å². The normalized spacial score (nSPS) is 20.7. The standard InChI is InChI=1S/C17H24N4O2/c1-13(16-3-2-12-23-16)21(15-4-5-15)17(22)19-14-6-9-20(10-7-14)11-8-18/h2-3,12-15H,4-7,9-11H2,1H3,(H,19,22). The lowest BCUT2D eigenvalue weighted by Crippen LogP contribution is -2.50. The van der Waals surface area contributed by atoms with Crippen molar-refractivity contribution in [3.8, 4) is 6.07 Å². The number of carbonyl (C=O) groups excluding carboxylic acids is 1. The molecule has 124 valence electrons. The first-order valence-corrected chi connectivity index (χ1v) is 8.40. The molecule has 1 unspecified atom stereocenters. The van der Waals surface area contributed by atoms with E-state index in [9.17, 15) is 4.79 Å². The molecule has 23 heavy (non-hydrogen) atoms. The third-order valence-corrected chi connectivity index (χ3v) is 4.76. The molecule has 6 heteroatoms. The highest BCUT2D eigenvalue weighted by Crippen LogP contribution is 2.34. The van der Waals surface area contributed by atoms with E-state index >= 15 is 0 Å². The lowest BCUT2D eigenvalue weighted by molar-refractivity contribution is 0.153. The van der Waals surface area contributed by atoms with Gasteiger partial charge in [0.2, 0.25) is 0 Å². The number of piperidine rings is 1. The Morgan fingerprint density at radius 3 is 2.78 bits per heavy atom. The molecule has 1 aliphatic carbocycles. The van der Waals surface area contributed by atoms with Crippen LogP contribution in [0.4, 0.5) is 4.79 Å². The zero-order valence-corrected chi connectivity index (χ0v) is 13.6. The molecule has 1 N–H and O–H groups in total. The van der Waals surface area contributed by atoms with Crippen LogP contribution >= 0.6 is 0 Å². The van der Waals surface area contributed by atoms with E-state index in [1.807, 2.05) is 24.0 Å². The molecule has 1 aliphatic heterocycles. The third-order valence-electron chi connectivity index (χ3n) is 4.76. The Hall–Kier alpha value is -2.00. The average Bonchev–Trinajstić information content (AvgIpc) is 3.21. The predicted octanol–water partition coefficient (Wildman–Crippen LogP) is 2.50. The van der Waals surface area contributed by atoms with E-state index in [1.54, 1.807) is 6.26 Å². The van der Waals surface area contributed by atoms with Crippen molar-refractivity contribution in [2.24, 2.45) is 0 Å². The van der Waals surface area contributed by atoms with Crippen LogP contribution in [0.3, 0.4) is 0 Å². The summed E-state index contributed by atoms with van der Waals surface area (Å²) in [5.74, 6) is 0.830. The zero-order valence-electron chi connectivity index (χ0n) is 13.6. The summed E-state index contributed by atoms with van der Waals surface area (Å²) < 4.78 is 5.48. The molecule has 1 aromatic heterocycles. The number of rotatable bonds is 5. The lowest BCUT2D eigenvalue weighted by Gasteiger charge is -2.34. The smallest absolute Gasteiger partial charge is 0.318 e. The number of hydrogen-bond donors (Lipinski definition) is 1. The van der Waals surface area contributed by atoms with Gasteiger partial charge in [-0.05, 0) is 44.7 Å². The van der Waals surface area contributed by atoms with Crippen LogP contribution in [0, 0.1) is 11.3 Å². The summed E-state index contributed by atoms with van der Waals surface area (Å²) in [7, 11) is 0. The van der Waals surface area contributed by atoms with Crippen molar-refractivity contribution in [2.45, 2.75) is 50.7 Å². The third kappa shape index (κ3) is 3.85. The first kappa shape index (κ1) is 15.9. The molecule has 2 amide bonds. The lowest BCUT2D eigenvalue weighted by atomic mass is 10.1. The van der Waals surface area contributed by atoms with Crippen LogP contribution in [0.2, 0.25) is 0 Å². The maximum Gasteiger partial charge on any atom is 0.318 e. The van der Waals surface area contributed by atoms with Gasteiger partial charge in [0, 0.05) is 25.2 Å². The van der Waals surface area contributed by atoms with Gasteiger partial charge in [-0.2, -0.15) is 5.26 Å². The molecule has 2 aliphatic rings. The van der Waals surface area contributed by atoms with E-state index in [1.165, 1.54) is 0 Å². The summed E-state index contributed by atoms with van der Waals surface area (Å²) >= 11 is 0. The summed E-state index contributed by atoms with van der Waals surface area (Å²) in [6.07, 6.45) is 5.60. The highest BCUT2D eigenvalue weighted by molar-refractivity contribution is 5.75. The van der Waals surface area contributed by atoms with Gasteiger partial charge in [0.1, 0.15) is 5.76 Å². The van der Waals surface area contributed by atoms with Gasteiger partial charge in [0.05, 0.1) is 24.9 Å². The van der Waals surface area contributed by atoms with Gasteiger partial charge in [-0.15, -0.1) is 0 Å². The number of furan rings is 1. The van der Waals surface area contributed by atoms with Crippen molar-refractivity contribution in [2.75, 3.05) is 19.6 Å². The summed E-state index contributed by atoms with van der Waals surface area (Å²) in [5, 5.41) is 11.9. The fourth-order valence-electron chi connectivity index (χ4n) is 3.26. The van der Waals surface area contributed by atoms with Crippen LogP contribution < -0.4 is 5.32 Å². The van der Waals surface area contributed by atoms with Crippen LogP contribution in [0.5, 0.6) is 0 Å². The SMILES string of the molecule is CC(c1ccco1)N(C(=O)NC1CCN(CC#N)CC1)C1CC1. The van der Waals surface area contributed by atoms with Crippen LogP contribution in [0.1, 0.15) is 44.4 Å². The van der Waals surface area contributed by atoms with Crippen molar-refractivity contribution in [3.05, 3.63) is 24.2 Å². The fourth-order valence-corrected chi connectivity index (χ4v) is 3.26. The van der Waals surface area contributed by atoms with Crippen LogP contribution in [0.25, 0.3) is 0 Å². The van der Waals surface area contributed by atoms with Gasteiger partial charge in [-0.1, -0.05) is 0 Å². The number of carbonyl (C=O) groups is 1. The molecular formula is C17H24N4O2. The number of amides is 2. The quantitative estimate of drug-likeness (QED) is 0.847. The minimum atomic E-state index is -0.0452. The first-order valence-electron chi connectivity index (χ1n) is 8.40. The summed E-state index contributed by atoms with van der Waals surface area (Å²) in [5.41, 5.74) is 0. The Balaban J connectivity index is 1.56. The molecule has 3 rings (SSSR count). The minimum absolute atomic E-state index is 0.00938. The Kier molecular flexibility index (Phi) is 4.87. The van der Waals surface area contributed by atoms with Crippen molar-refractivity contribution >= 4 is 6.03 Å². The molecule has 1 saturated carbocycles. The van der Waals surface area contributed by atoms with Crippen molar-refractivity contribution in [1.29, 1.82) is 5.26 Å². The Morgan fingerprint density at radius 1 is 1.48 bits per heavy atom. The minimum Gasteiger partial charge on any atom is -0.467 e. The molecule has 2 heterocycles. The molecule has 2 fully saturated rings. The number of likely N-dealkylation sites (tertiary alicyclic amines) is 1. The molecule has 1 aromatic rings. The van der Waals surface area contributed by atoms with Crippen molar-refractivity contribution < 1.29 is 9.21 Å². The van der Waals surface area contributed by atoms with Gasteiger partial charge >= 0.3 is 6.03 Å². The van der Waals surface area contributed by atoms with E-state index < -0.39 is 0 Å². The van der Waals surface area contributed by atoms with Crippen LogP contribution in [-0.2, 0) is 0 Å². The van der Waals surface area contributed by atoms with Gasteiger partial charge in [0.15, 0.2) is 0 Å². The van der Waals surface area contributed by atoms with Crippen LogP contribution in [-0.4, -0.2) is 47.5 Å². The first-order chi connectivity index (χ1) is 11.2. The molecule has 0 spiro atoms. The van der Waals surface area contributed by atoms with E-state index in [4.69, 9.17) is 9.68 Å².